The first-order chi connectivity index (χ1) is 19.8. The van der Waals surface area contributed by atoms with Gasteiger partial charge >= 0.3 is 17.9 Å². The van der Waals surface area contributed by atoms with Crippen molar-refractivity contribution in [2.75, 3.05) is 27.7 Å². The van der Waals surface area contributed by atoms with Crippen molar-refractivity contribution in [3.05, 3.63) is 88.1 Å². The molecule has 5 rings (SSSR count). The van der Waals surface area contributed by atoms with Gasteiger partial charge in [0.1, 0.15) is 5.69 Å². The summed E-state index contributed by atoms with van der Waals surface area (Å²) in [7, 11) is 6.32. The van der Waals surface area contributed by atoms with Crippen LogP contribution in [0, 0.1) is 24.2 Å². The van der Waals surface area contributed by atoms with E-state index in [1.807, 2.05) is 0 Å². The normalized spacial score (nSPS) is 17.0. The lowest BCUT2D eigenvalue weighted by Crippen LogP contribution is -2.52. The number of hydrogen-bond acceptors (Lipinski definition) is 4. The third kappa shape index (κ3) is 5.60. The van der Waals surface area contributed by atoms with Crippen molar-refractivity contribution in [1.82, 2.24) is 24.2 Å². The summed E-state index contributed by atoms with van der Waals surface area (Å²) in [6.07, 6.45) is -1.58. The quantitative estimate of drug-likeness (QED) is 0.335. The molecule has 0 radical (unpaired) electrons. The molecule has 2 aromatic heterocycles. The summed E-state index contributed by atoms with van der Waals surface area (Å²) >= 11 is 0. The van der Waals surface area contributed by atoms with Crippen LogP contribution >= 0.6 is 0 Å². The molecule has 0 unspecified atom stereocenters. The number of hydrogen-bond donors (Lipinski definition) is 1. The van der Waals surface area contributed by atoms with E-state index in [0.29, 0.717) is 22.9 Å². The molecule has 1 amide bonds. The van der Waals surface area contributed by atoms with Crippen molar-refractivity contribution < 1.29 is 22.4 Å². The molecule has 1 fully saturated rings. The Morgan fingerprint density at radius 2 is 1.79 bits per heavy atom. The molecule has 9 nitrogen and oxygen atoms in total. The smallest absolute Gasteiger partial charge is 0.335 e. The number of imidazole rings is 1. The van der Waals surface area contributed by atoms with Crippen LogP contribution in [-0.2, 0) is 6.18 Å². The molecular weight excluding hydrogens is 547 g/mol. The minimum absolute atomic E-state index is 0.0174. The van der Waals surface area contributed by atoms with Crippen LogP contribution in [0.25, 0.3) is 22.8 Å². The Morgan fingerprint density at radius 1 is 1.10 bits per heavy atom. The molecule has 0 aliphatic heterocycles. The van der Waals surface area contributed by atoms with Crippen LogP contribution in [0.5, 0.6) is 0 Å². The Hall–Kier alpha value is -4.63. The van der Waals surface area contributed by atoms with Crippen LogP contribution in [0.4, 0.5) is 18.0 Å². The van der Waals surface area contributed by atoms with Gasteiger partial charge in [0.05, 0.1) is 73.8 Å². The van der Waals surface area contributed by atoms with Crippen molar-refractivity contribution >= 4 is 6.03 Å². The van der Waals surface area contributed by atoms with Gasteiger partial charge in [0.25, 0.3) is 0 Å². The average molecular weight is 579 g/mol. The summed E-state index contributed by atoms with van der Waals surface area (Å²) in [4.78, 5) is 27.6. The molecule has 1 N–H and O–H groups in total. The largest absolute Gasteiger partial charge is 0.416 e. The Morgan fingerprint density at radius 3 is 2.40 bits per heavy atom. The molecule has 1 saturated carbocycles. The average Bonchev–Trinajstić information content (AvgIpc) is 3.48. The van der Waals surface area contributed by atoms with Gasteiger partial charge in [-0.05, 0) is 68.3 Å². The molecule has 1 aliphatic carbocycles. The van der Waals surface area contributed by atoms with Crippen LogP contribution in [0.3, 0.4) is 0 Å². The highest BCUT2D eigenvalue weighted by atomic mass is 19.4. The van der Waals surface area contributed by atoms with Gasteiger partial charge in [-0.25, -0.2) is 18.8 Å². The zero-order valence-corrected chi connectivity index (χ0v) is 23.7. The number of benzene rings is 2. The molecule has 218 valence electrons. The number of rotatable bonds is 6. The first kappa shape index (κ1) is 28.9. The number of quaternary nitrogens is 1. The Balaban J connectivity index is 1.60. The minimum Gasteiger partial charge on any atom is -0.335 e. The number of nitrogens with one attached hydrogen (secondary N) is 1. The Labute approximate surface area is 240 Å². The lowest BCUT2D eigenvalue weighted by Gasteiger charge is -2.39. The van der Waals surface area contributed by atoms with Gasteiger partial charge in [-0.15, -0.1) is 0 Å². The van der Waals surface area contributed by atoms with E-state index in [1.54, 1.807) is 37.3 Å². The SMILES string of the molecule is Cc1c(-c2ccnn2-c2ccc(C#N)cc2)n(C(=O)NC2CC(C[N+](C)(C)C)C2)c(=O)n1-c1cccc(C(F)(F)F)c1. The Bertz CT molecular complexity index is 1730. The molecule has 2 aromatic carbocycles. The predicted molar refractivity (Wildman–Crippen MR) is 150 cm³/mol. The highest BCUT2D eigenvalue weighted by Gasteiger charge is 2.36. The van der Waals surface area contributed by atoms with Gasteiger partial charge in [0, 0.05) is 12.0 Å². The molecule has 0 bridgehead atoms. The third-order valence-electron chi connectivity index (χ3n) is 7.41. The van der Waals surface area contributed by atoms with E-state index in [9.17, 15) is 28.0 Å². The van der Waals surface area contributed by atoms with Crippen molar-refractivity contribution in [3.8, 4) is 28.8 Å². The first-order valence-corrected chi connectivity index (χ1v) is 13.4. The summed E-state index contributed by atoms with van der Waals surface area (Å²) in [5.41, 5.74) is 0.129. The molecule has 4 aromatic rings. The molecule has 12 heteroatoms. The van der Waals surface area contributed by atoms with Crippen LogP contribution in [0.2, 0.25) is 0 Å². The van der Waals surface area contributed by atoms with E-state index >= 15 is 0 Å². The maximum absolute atomic E-state index is 13.9. The summed E-state index contributed by atoms with van der Waals surface area (Å²) in [5.74, 6) is 0.431. The van der Waals surface area contributed by atoms with Crippen LogP contribution in [0.15, 0.2) is 65.6 Å². The Kier molecular flexibility index (Phi) is 7.32. The van der Waals surface area contributed by atoms with Gasteiger partial charge in [0.2, 0.25) is 0 Å². The number of aromatic nitrogens is 4. The zero-order valence-electron chi connectivity index (χ0n) is 23.7. The van der Waals surface area contributed by atoms with E-state index in [0.717, 1.165) is 45.1 Å². The fourth-order valence-corrected chi connectivity index (χ4v) is 5.60. The first-order valence-electron chi connectivity index (χ1n) is 13.4. The van der Waals surface area contributed by atoms with Crippen LogP contribution < -0.4 is 11.0 Å². The summed E-state index contributed by atoms with van der Waals surface area (Å²) < 4.78 is 45.0. The molecule has 0 saturated heterocycles. The van der Waals surface area contributed by atoms with Crippen LogP contribution in [-0.4, -0.2) is 63.2 Å². The van der Waals surface area contributed by atoms with Crippen LogP contribution in [0.1, 0.15) is 29.7 Å². The number of alkyl halides is 3. The lowest BCUT2D eigenvalue weighted by atomic mass is 9.79. The molecule has 1 aliphatic rings. The van der Waals surface area contributed by atoms with E-state index in [-0.39, 0.29) is 23.1 Å². The minimum atomic E-state index is -4.61. The van der Waals surface area contributed by atoms with E-state index in [1.165, 1.54) is 23.0 Å². The standard InChI is InChI=1S/C30H30F3N7O2/c1-19-27(26-12-13-35-39(26)24-10-8-20(17-34)9-11-24)38(28(41)36-23-14-21(15-23)18-40(2,3)4)29(42)37(19)25-7-5-6-22(16-25)30(31,32)33/h5-13,16,21,23H,14-15,18H2,1-4H3/p+1. The molecule has 0 atom stereocenters. The summed E-state index contributed by atoms with van der Waals surface area (Å²) in [6.45, 7) is 2.53. The van der Waals surface area contributed by atoms with Gasteiger partial charge in [-0.1, -0.05) is 6.07 Å². The van der Waals surface area contributed by atoms with E-state index < -0.39 is 23.5 Å². The second-order valence-electron chi connectivity index (χ2n) is 11.7. The van der Waals surface area contributed by atoms with Crippen molar-refractivity contribution in [2.24, 2.45) is 5.92 Å². The highest BCUT2D eigenvalue weighted by molar-refractivity contribution is 5.83. The molecule has 0 spiro atoms. The molecule has 2 heterocycles. The van der Waals surface area contributed by atoms with Crippen molar-refractivity contribution in [3.63, 3.8) is 0 Å². The molecule has 42 heavy (non-hydrogen) atoms. The number of carbonyl (C=O) groups excluding carboxylic acids is 1. The third-order valence-corrected chi connectivity index (χ3v) is 7.41. The van der Waals surface area contributed by atoms with Gasteiger partial charge in [-0.3, -0.25) is 4.57 Å². The molecular formula is C30H31F3N7O2+. The summed E-state index contributed by atoms with van der Waals surface area (Å²) in [6, 6.07) is 13.9. The highest BCUT2D eigenvalue weighted by Crippen LogP contribution is 2.33. The monoisotopic (exact) mass is 578 g/mol. The lowest BCUT2D eigenvalue weighted by molar-refractivity contribution is -0.874. The number of halogens is 3. The maximum Gasteiger partial charge on any atom is 0.416 e. The second kappa shape index (κ2) is 10.6. The summed E-state index contributed by atoms with van der Waals surface area (Å²) in [5, 5.41) is 16.5. The number of carbonyl (C=O) groups is 1. The number of nitriles is 1. The maximum atomic E-state index is 13.9. The van der Waals surface area contributed by atoms with Gasteiger partial charge < -0.3 is 9.80 Å². The number of nitrogens with zero attached hydrogens (tertiary/aromatic N) is 6. The fraction of sp³-hybridized carbons (Fsp3) is 0.333. The van der Waals surface area contributed by atoms with Gasteiger partial charge in [0.15, 0.2) is 0 Å². The topological polar surface area (TPSA) is 97.6 Å². The predicted octanol–water partition coefficient (Wildman–Crippen LogP) is 4.73. The fourth-order valence-electron chi connectivity index (χ4n) is 5.60. The van der Waals surface area contributed by atoms with E-state index in [2.05, 4.69) is 37.6 Å². The van der Waals surface area contributed by atoms with Gasteiger partial charge in [-0.2, -0.15) is 23.5 Å². The zero-order chi connectivity index (χ0) is 30.4. The van der Waals surface area contributed by atoms with Crippen molar-refractivity contribution in [1.29, 1.82) is 5.26 Å². The second-order valence-corrected chi connectivity index (χ2v) is 11.7. The van der Waals surface area contributed by atoms with Crippen molar-refractivity contribution in [2.45, 2.75) is 32.0 Å². The van der Waals surface area contributed by atoms with E-state index in [4.69, 9.17) is 0 Å². The number of amides is 1.